The van der Waals surface area contributed by atoms with Gasteiger partial charge in [-0.1, -0.05) is 23.5 Å². The van der Waals surface area contributed by atoms with Gasteiger partial charge in [0.05, 0.1) is 6.04 Å². The predicted octanol–water partition coefficient (Wildman–Crippen LogP) is 2.39. The second-order valence-corrected chi connectivity index (χ2v) is 9.70. The van der Waals surface area contributed by atoms with E-state index in [0.29, 0.717) is 12.2 Å². The van der Waals surface area contributed by atoms with E-state index >= 15 is 0 Å². The van der Waals surface area contributed by atoms with Gasteiger partial charge in [-0.2, -0.15) is 0 Å². The molecule has 2 aromatic rings. The molecule has 1 aliphatic rings. The van der Waals surface area contributed by atoms with Gasteiger partial charge >= 0.3 is 0 Å². The Bertz CT molecular complexity index is 953. The molecule has 0 fully saturated rings. The maximum absolute atomic E-state index is 12.7. The van der Waals surface area contributed by atoms with Gasteiger partial charge in [0.1, 0.15) is 11.4 Å². The first-order chi connectivity index (χ1) is 12.1. The van der Waals surface area contributed by atoms with Crippen molar-refractivity contribution in [2.75, 3.05) is 5.32 Å². The highest BCUT2D eigenvalue weighted by Gasteiger charge is 2.37. The van der Waals surface area contributed by atoms with Gasteiger partial charge in [0, 0.05) is 18.9 Å². The van der Waals surface area contributed by atoms with E-state index in [0.717, 1.165) is 22.5 Å². The number of hydrogen-bond acceptors (Lipinski definition) is 7. The summed E-state index contributed by atoms with van der Waals surface area (Å²) < 4.78 is 34.0. The first-order valence-electron chi connectivity index (χ1n) is 7.99. The number of anilines is 1. The number of carbonyl (C=O) groups is 1. The lowest BCUT2D eigenvalue weighted by Crippen LogP contribution is -2.41. The van der Waals surface area contributed by atoms with E-state index in [2.05, 4.69) is 20.2 Å². The smallest absolute Gasteiger partial charge is 0.270 e. The zero-order valence-corrected chi connectivity index (χ0v) is 16.5. The summed E-state index contributed by atoms with van der Waals surface area (Å²) in [5.74, 6) is 0.332. The van der Waals surface area contributed by atoms with Gasteiger partial charge in [-0.25, -0.2) is 13.1 Å². The zero-order chi connectivity index (χ0) is 19.1. The molecule has 1 atom stereocenters. The Hall–Kier alpha value is -2.04. The molecule has 8 nitrogen and oxygen atoms in total. The Morgan fingerprint density at radius 2 is 2.08 bits per heavy atom. The van der Waals surface area contributed by atoms with Crippen molar-refractivity contribution >= 4 is 32.4 Å². The van der Waals surface area contributed by atoms with E-state index in [1.165, 1.54) is 6.92 Å². The molecular formula is C16H20N4O4S2. The van der Waals surface area contributed by atoms with Crippen LogP contribution in [0.15, 0.2) is 22.5 Å². The van der Waals surface area contributed by atoms with Crippen LogP contribution in [0.25, 0.3) is 0 Å². The summed E-state index contributed by atoms with van der Waals surface area (Å²) in [6.45, 7) is 7.10. The van der Waals surface area contributed by atoms with E-state index in [1.807, 2.05) is 39.0 Å². The second kappa shape index (κ2) is 6.60. The lowest BCUT2D eigenvalue weighted by molar-refractivity contribution is -0.114. The fourth-order valence-corrected chi connectivity index (χ4v) is 5.00. The summed E-state index contributed by atoms with van der Waals surface area (Å²) in [6.07, 6.45) is 0.472. The fraction of sp³-hybridized carbons (Fsp3) is 0.438. The molecule has 0 unspecified atom stereocenters. The van der Waals surface area contributed by atoms with E-state index in [4.69, 9.17) is 4.74 Å². The zero-order valence-electron chi connectivity index (χ0n) is 14.9. The van der Waals surface area contributed by atoms with Crippen LogP contribution >= 0.6 is 11.3 Å². The molecule has 0 aliphatic carbocycles. The Morgan fingerprint density at radius 3 is 2.77 bits per heavy atom. The van der Waals surface area contributed by atoms with Gasteiger partial charge < -0.3 is 10.1 Å². The van der Waals surface area contributed by atoms with Crippen molar-refractivity contribution in [2.45, 2.75) is 50.1 Å². The van der Waals surface area contributed by atoms with Gasteiger partial charge in [-0.15, -0.1) is 10.2 Å². The highest BCUT2D eigenvalue weighted by atomic mass is 32.2. The number of amides is 1. The number of fused-ring (bicyclic) bond motifs is 1. The molecule has 0 saturated carbocycles. The second-order valence-electron chi connectivity index (χ2n) is 6.84. The van der Waals surface area contributed by atoms with Crippen LogP contribution in [0.4, 0.5) is 5.13 Å². The van der Waals surface area contributed by atoms with Crippen LogP contribution in [0.1, 0.15) is 44.4 Å². The van der Waals surface area contributed by atoms with Crippen LogP contribution < -0.4 is 14.8 Å². The topological polar surface area (TPSA) is 110 Å². The van der Waals surface area contributed by atoms with Crippen molar-refractivity contribution in [2.24, 2.45) is 0 Å². The Kier molecular flexibility index (Phi) is 4.76. The van der Waals surface area contributed by atoms with Crippen LogP contribution in [0, 0.1) is 6.92 Å². The van der Waals surface area contributed by atoms with Crippen LogP contribution in [0.3, 0.4) is 0 Å². The average Bonchev–Trinajstić information content (AvgIpc) is 2.93. The number of aryl methyl sites for hydroxylation is 1. The Morgan fingerprint density at radius 1 is 1.35 bits per heavy atom. The molecule has 0 bridgehead atoms. The third-order valence-electron chi connectivity index (χ3n) is 3.84. The van der Waals surface area contributed by atoms with Gasteiger partial charge in [-0.05, 0) is 32.4 Å². The standard InChI is InChI=1S/C16H20N4O4S2/c1-9-5-6-11-12(8-16(3,4)24-13(11)7-9)20-26(22,23)15-19-18-14(25-15)17-10(2)21/h5-7,12,20H,8H2,1-4H3,(H,17,18,21)/t12-/m0/s1. The average molecular weight is 396 g/mol. The van der Waals surface area contributed by atoms with E-state index in [1.54, 1.807) is 0 Å². The summed E-state index contributed by atoms with van der Waals surface area (Å²) in [5, 5.41) is 9.95. The molecule has 2 N–H and O–H groups in total. The number of aromatic nitrogens is 2. The first-order valence-corrected chi connectivity index (χ1v) is 10.3. The molecule has 1 aromatic heterocycles. The number of rotatable bonds is 4. The van der Waals surface area contributed by atoms with Crippen molar-refractivity contribution < 1.29 is 17.9 Å². The number of nitrogens with one attached hydrogen (secondary N) is 2. The van der Waals surface area contributed by atoms with Crippen LogP contribution in [0.2, 0.25) is 0 Å². The third-order valence-corrected chi connectivity index (χ3v) is 6.52. The number of ether oxygens (including phenoxy) is 1. The van der Waals surface area contributed by atoms with Crippen molar-refractivity contribution in [3.05, 3.63) is 29.3 Å². The number of benzene rings is 1. The molecule has 3 rings (SSSR count). The summed E-state index contributed by atoms with van der Waals surface area (Å²) in [6, 6.07) is 5.24. The monoisotopic (exact) mass is 396 g/mol. The lowest BCUT2D eigenvalue weighted by Gasteiger charge is -2.37. The fourth-order valence-electron chi connectivity index (χ4n) is 2.82. The molecular weight excluding hydrogens is 376 g/mol. The van der Waals surface area contributed by atoms with Crippen molar-refractivity contribution in [3.63, 3.8) is 0 Å². The largest absolute Gasteiger partial charge is 0.487 e. The highest BCUT2D eigenvalue weighted by molar-refractivity contribution is 7.91. The molecule has 10 heteroatoms. The quantitative estimate of drug-likeness (QED) is 0.768. The van der Waals surface area contributed by atoms with Gasteiger partial charge in [0.15, 0.2) is 0 Å². The normalized spacial score (nSPS) is 18.7. The molecule has 0 saturated heterocycles. The van der Waals surface area contributed by atoms with Crippen LogP contribution in [-0.2, 0) is 14.8 Å². The summed E-state index contributed by atoms with van der Waals surface area (Å²) >= 11 is 0.804. The minimum Gasteiger partial charge on any atom is -0.487 e. The Balaban J connectivity index is 1.90. The number of sulfonamides is 1. The summed E-state index contributed by atoms with van der Waals surface area (Å²) in [5.41, 5.74) is 1.30. The summed E-state index contributed by atoms with van der Waals surface area (Å²) in [7, 11) is -3.89. The minimum atomic E-state index is -3.89. The maximum Gasteiger partial charge on any atom is 0.270 e. The summed E-state index contributed by atoms with van der Waals surface area (Å²) in [4.78, 5) is 11.1. The molecule has 1 aliphatic heterocycles. The van der Waals surface area contributed by atoms with Crippen molar-refractivity contribution in [1.29, 1.82) is 0 Å². The highest BCUT2D eigenvalue weighted by Crippen LogP contribution is 2.40. The number of carbonyl (C=O) groups excluding carboxylic acids is 1. The van der Waals surface area contributed by atoms with Crippen LogP contribution in [0.5, 0.6) is 5.75 Å². The van der Waals surface area contributed by atoms with Crippen molar-refractivity contribution in [1.82, 2.24) is 14.9 Å². The maximum atomic E-state index is 12.7. The van der Waals surface area contributed by atoms with Gasteiger partial charge in [-0.3, -0.25) is 4.79 Å². The molecule has 1 aromatic carbocycles. The Labute approximate surface area is 156 Å². The first kappa shape index (κ1) is 18.7. The lowest BCUT2D eigenvalue weighted by atomic mass is 9.90. The molecule has 26 heavy (non-hydrogen) atoms. The van der Waals surface area contributed by atoms with Gasteiger partial charge in [0.25, 0.3) is 10.0 Å². The molecule has 1 amide bonds. The van der Waals surface area contributed by atoms with Gasteiger partial charge in [0.2, 0.25) is 15.4 Å². The molecule has 0 spiro atoms. The third kappa shape index (κ3) is 4.02. The molecule has 140 valence electrons. The van der Waals surface area contributed by atoms with Crippen molar-refractivity contribution in [3.8, 4) is 5.75 Å². The predicted molar refractivity (Wildman–Crippen MR) is 97.8 cm³/mol. The number of nitrogens with zero attached hydrogens (tertiary/aromatic N) is 2. The van der Waals surface area contributed by atoms with E-state index in [-0.39, 0.29) is 15.4 Å². The molecule has 2 heterocycles. The number of hydrogen-bond donors (Lipinski definition) is 2. The van der Waals surface area contributed by atoms with Crippen LogP contribution in [-0.4, -0.2) is 30.1 Å². The molecule has 0 radical (unpaired) electrons. The van der Waals surface area contributed by atoms with E-state index in [9.17, 15) is 13.2 Å². The minimum absolute atomic E-state index is 0.140. The van der Waals surface area contributed by atoms with E-state index < -0.39 is 21.7 Å². The SMILES string of the molecule is CC(=O)Nc1nnc(S(=O)(=O)N[C@H]2CC(C)(C)Oc3cc(C)ccc32)s1.